The summed E-state index contributed by atoms with van der Waals surface area (Å²) < 4.78 is 29.5. The summed E-state index contributed by atoms with van der Waals surface area (Å²) in [7, 11) is -4.13. The summed E-state index contributed by atoms with van der Waals surface area (Å²) in [5.41, 5.74) is 0.540. The summed E-state index contributed by atoms with van der Waals surface area (Å²) in [6.45, 7) is 0. The highest BCUT2D eigenvalue weighted by atomic mass is 32.2. The minimum Gasteiger partial charge on any atom is -0.508 e. The van der Waals surface area contributed by atoms with Crippen molar-refractivity contribution in [2.45, 2.75) is 4.90 Å². The van der Waals surface area contributed by atoms with Crippen LogP contribution in [0.1, 0.15) is 15.9 Å². The van der Waals surface area contributed by atoms with E-state index in [1.807, 2.05) is 0 Å². The number of ketones is 1. The van der Waals surface area contributed by atoms with Gasteiger partial charge in [-0.2, -0.15) is 8.42 Å². The van der Waals surface area contributed by atoms with Crippen molar-refractivity contribution >= 4 is 22.0 Å². The third-order valence-electron chi connectivity index (χ3n) is 3.88. The van der Waals surface area contributed by atoms with Crippen LogP contribution >= 0.6 is 0 Å². The van der Waals surface area contributed by atoms with Crippen molar-refractivity contribution < 1.29 is 32.7 Å². The van der Waals surface area contributed by atoms with Crippen LogP contribution in [0.15, 0.2) is 77.7 Å². The van der Waals surface area contributed by atoms with E-state index in [1.165, 1.54) is 72.8 Å². The molecule has 0 atom stereocenters. The molecule has 0 saturated carbocycles. The monoisotopic (exact) mass is 412 g/mol. The van der Waals surface area contributed by atoms with Crippen molar-refractivity contribution in [3.05, 3.63) is 83.9 Å². The number of aromatic hydroxyl groups is 3. The van der Waals surface area contributed by atoms with Crippen molar-refractivity contribution in [2.75, 3.05) is 0 Å². The molecule has 3 aromatic rings. The van der Waals surface area contributed by atoms with Crippen LogP contribution in [-0.2, 0) is 10.1 Å². The highest BCUT2D eigenvalue weighted by Crippen LogP contribution is 2.24. The van der Waals surface area contributed by atoms with Gasteiger partial charge in [0.2, 0.25) is 0 Å². The average Bonchev–Trinajstić information content (AvgIpc) is 2.69. The molecule has 0 heterocycles. The highest BCUT2D eigenvalue weighted by Gasteiger charge is 2.17. The predicted molar refractivity (Wildman–Crippen MR) is 105 cm³/mol. The summed E-state index contributed by atoms with van der Waals surface area (Å²) >= 11 is 0. The summed E-state index contributed by atoms with van der Waals surface area (Å²) in [6.07, 6.45) is 2.57. The van der Waals surface area contributed by atoms with E-state index in [1.54, 1.807) is 0 Å². The van der Waals surface area contributed by atoms with E-state index in [0.717, 1.165) is 6.07 Å². The molecule has 0 saturated heterocycles. The zero-order valence-electron chi connectivity index (χ0n) is 14.9. The highest BCUT2D eigenvalue weighted by molar-refractivity contribution is 7.87. The average molecular weight is 412 g/mol. The number of hydrogen-bond donors (Lipinski definition) is 3. The molecule has 0 fully saturated rings. The van der Waals surface area contributed by atoms with Gasteiger partial charge in [-0.15, -0.1) is 0 Å². The predicted octanol–water partition coefficient (Wildman–Crippen LogP) is 3.47. The number of rotatable bonds is 6. The molecular weight excluding hydrogens is 396 g/mol. The van der Waals surface area contributed by atoms with Crippen LogP contribution in [0.4, 0.5) is 0 Å². The first-order valence-electron chi connectivity index (χ1n) is 8.32. The van der Waals surface area contributed by atoms with Crippen LogP contribution in [0.3, 0.4) is 0 Å². The van der Waals surface area contributed by atoms with Gasteiger partial charge in [0.1, 0.15) is 27.9 Å². The lowest BCUT2D eigenvalue weighted by molar-refractivity contribution is 0.104. The Labute approximate surface area is 166 Å². The van der Waals surface area contributed by atoms with E-state index < -0.39 is 15.9 Å². The Morgan fingerprint density at radius 2 is 1.55 bits per heavy atom. The van der Waals surface area contributed by atoms with E-state index in [2.05, 4.69) is 0 Å². The number of allylic oxidation sites excluding steroid dienone is 1. The molecule has 0 bridgehead atoms. The number of hydrogen-bond acceptors (Lipinski definition) is 7. The molecule has 8 heteroatoms. The molecule has 29 heavy (non-hydrogen) atoms. The molecule has 0 spiro atoms. The van der Waals surface area contributed by atoms with Crippen LogP contribution in [0.5, 0.6) is 23.0 Å². The summed E-state index contributed by atoms with van der Waals surface area (Å²) in [4.78, 5) is 12.0. The zero-order chi connectivity index (χ0) is 21.0. The SMILES string of the molecule is O=C(C=Cc1cc(O)ccc1O)c1ccc(OS(=O)(=O)c2cccc(O)c2)cc1. The molecule has 0 unspecified atom stereocenters. The van der Waals surface area contributed by atoms with Gasteiger partial charge in [0.25, 0.3) is 0 Å². The first kappa shape index (κ1) is 20.0. The van der Waals surface area contributed by atoms with E-state index in [9.17, 15) is 28.5 Å². The Bertz CT molecular complexity index is 1180. The molecule has 148 valence electrons. The van der Waals surface area contributed by atoms with Crippen LogP contribution in [0.2, 0.25) is 0 Å². The third-order valence-corrected chi connectivity index (χ3v) is 5.12. The molecule has 0 aliphatic heterocycles. The fourth-order valence-electron chi connectivity index (χ4n) is 2.43. The molecular formula is C21H16O7S. The number of carbonyl (C=O) groups is 1. The molecule has 3 rings (SSSR count). The maximum absolute atomic E-state index is 12.3. The first-order valence-corrected chi connectivity index (χ1v) is 9.73. The van der Waals surface area contributed by atoms with Crippen molar-refractivity contribution in [3.8, 4) is 23.0 Å². The van der Waals surface area contributed by atoms with E-state index in [0.29, 0.717) is 0 Å². The van der Waals surface area contributed by atoms with Gasteiger partial charge in [-0.25, -0.2) is 0 Å². The van der Waals surface area contributed by atoms with Crippen LogP contribution in [0, 0.1) is 0 Å². The summed E-state index contributed by atoms with van der Waals surface area (Å²) in [5.74, 6) is -0.744. The van der Waals surface area contributed by atoms with E-state index in [-0.39, 0.29) is 39.0 Å². The minimum atomic E-state index is -4.13. The molecule has 0 aliphatic carbocycles. The molecule has 3 N–H and O–H groups in total. The van der Waals surface area contributed by atoms with Crippen LogP contribution < -0.4 is 4.18 Å². The van der Waals surface area contributed by atoms with Gasteiger partial charge >= 0.3 is 10.1 Å². The molecule has 0 radical (unpaired) electrons. The second-order valence-corrected chi connectivity index (χ2v) is 7.55. The standard InChI is InChI=1S/C21H16O7S/c22-16-2-1-3-19(13-16)29(26,27)28-18-8-4-14(5-9-18)20(24)10-6-15-12-17(23)7-11-21(15)25/h1-13,22-23,25H. The Morgan fingerprint density at radius 1 is 0.862 bits per heavy atom. The number of phenolic OH excluding ortho intramolecular Hbond substituents is 3. The van der Waals surface area contributed by atoms with Crippen molar-refractivity contribution in [1.82, 2.24) is 0 Å². The van der Waals surface area contributed by atoms with Gasteiger partial charge in [-0.05, 0) is 66.7 Å². The van der Waals surface area contributed by atoms with Gasteiger partial charge in [-0.3, -0.25) is 4.79 Å². The topological polar surface area (TPSA) is 121 Å². The molecule has 3 aromatic carbocycles. The Morgan fingerprint density at radius 3 is 2.24 bits per heavy atom. The Balaban J connectivity index is 1.73. The fraction of sp³-hybridized carbons (Fsp3) is 0. The molecule has 0 aliphatic rings. The Hall–Kier alpha value is -3.78. The lowest BCUT2D eigenvalue weighted by Crippen LogP contribution is -2.09. The molecule has 7 nitrogen and oxygen atoms in total. The fourth-order valence-corrected chi connectivity index (χ4v) is 3.40. The second kappa shape index (κ2) is 8.07. The number of carbonyl (C=O) groups excluding carboxylic acids is 1. The van der Waals surface area contributed by atoms with Crippen LogP contribution in [-0.4, -0.2) is 29.5 Å². The maximum atomic E-state index is 12.3. The lowest BCUT2D eigenvalue weighted by Gasteiger charge is -2.07. The van der Waals surface area contributed by atoms with Crippen LogP contribution in [0.25, 0.3) is 6.08 Å². The first-order chi connectivity index (χ1) is 13.7. The number of benzene rings is 3. The van der Waals surface area contributed by atoms with Crippen molar-refractivity contribution in [3.63, 3.8) is 0 Å². The Kier molecular flexibility index (Phi) is 5.56. The van der Waals surface area contributed by atoms with Gasteiger partial charge in [-0.1, -0.05) is 6.07 Å². The molecule has 0 amide bonds. The van der Waals surface area contributed by atoms with Gasteiger partial charge in [0.15, 0.2) is 5.78 Å². The second-order valence-electron chi connectivity index (χ2n) is 6.00. The summed E-state index contributed by atoms with van der Waals surface area (Å²) in [5, 5.41) is 28.6. The third kappa shape index (κ3) is 4.94. The minimum absolute atomic E-state index is 0.000464. The van der Waals surface area contributed by atoms with Crippen molar-refractivity contribution in [2.24, 2.45) is 0 Å². The largest absolute Gasteiger partial charge is 0.508 e. The maximum Gasteiger partial charge on any atom is 0.339 e. The smallest absolute Gasteiger partial charge is 0.339 e. The van der Waals surface area contributed by atoms with E-state index >= 15 is 0 Å². The zero-order valence-corrected chi connectivity index (χ0v) is 15.7. The molecule has 0 aromatic heterocycles. The van der Waals surface area contributed by atoms with Gasteiger partial charge in [0, 0.05) is 17.2 Å². The normalized spacial score (nSPS) is 11.4. The number of phenols is 3. The van der Waals surface area contributed by atoms with Gasteiger partial charge in [0.05, 0.1) is 0 Å². The van der Waals surface area contributed by atoms with Crippen molar-refractivity contribution in [1.29, 1.82) is 0 Å². The van der Waals surface area contributed by atoms with E-state index in [4.69, 9.17) is 4.18 Å². The van der Waals surface area contributed by atoms with Gasteiger partial charge < -0.3 is 19.5 Å². The lowest BCUT2D eigenvalue weighted by atomic mass is 10.1. The summed E-state index contributed by atoms with van der Waals surface area (Å²) in [6, 6.07) is 14.4. The quantitative estimate of drug-likeness (QED) is 0.245.